The second kappa shape index (κ2) is 10.6. The average Bonchev–Trinajstić information content (AvgIpc) is 2.87. The van der Waals surface area contributed by atoms with Gasteiger partial charge in [-0.05, 0) is 35.4 Å². The van der Waals surface area contributed by atoms with Crippen LogP contribution >= 0.6 is 0 Å². The molecule has 1 aliphatic heterocycles. The molecule has 4 rings (SSSR count). The van der Waals surface area contributed by atoms with E-state index in [1.165, 1.54) is 4.31 Å². The predicted molar refractivity (Wildman–Crippen MR) is 124 cm³/mol. The van der Waals surface area contributed by atoms with Gasteiger partial charge in [0.1, 0.15) is 12.4 Å². The van der Waals surface area contributed by atoms with Gasteiger partial charge in [0.25, 0.3) is 5.91 Å². The van der Waals surface area contributed by atoms with E-state index in [0.29, 0.717) is 49.8 Å². The minimum Gasteiger partial charge on any atom is -0.489 e. The molecule has 33 heavy (non-hydrogen) atoms. The lowest BCUT2D eigenvalue weighted by atomic mass is 10.2. The molecule has 3 aromatic rings. The number of sulfonamides is 1. The predicted octanol–water partition coefficient (Wildman–Crippen LogP) is 3.22. The van der Waals surface area contributed by atoms with Gasteiger partial charge in [-0.3, -0.25) is 4.79 Å². The van der Waals surface area contributed by atoms with Crippen LogP contribution in [0, 0.1) is 0 Å². The van der Waals surface area contributed by atoms with E-state index < -0.39 is 10.0 Å². The lowest BCUT2D eigenvalue weighted by Gasteiger charge is -2.27. The molecule has 3 aromatic carbocycles. The SMILES string of the molecule is O=C(NCc1ccccc1S(=O)(=O)N1CCOCC1)c1cccc(OCc2ccccc2)c1. The molecule has 7 nitrogen and oxygen atoms in total. The van der Waals surface area contributed by atoms with Gasteiger partial charge in [-0.15, -0.1) is 0 Å². The second-order valence-electron chi connectivity index (χ2n) is 7.61. The van der Waals surface area contributed by atoms with Crippen LogP contribution in [0.2, 0.25) is 0 Å². The summed E-state index contributed by atoms with van der Waals surface area (Å²) in [6.45, 7) is 1.88. The number of morpholine rings is 1. The van der Waals surface area contributed by atoms with Gasteiger partial charge in [0.05, 0.1) is 18.1 Å². The summed E-state index contributed by atoms with van der Waals surface area (Å²) in [5.41, 5.74) is 2.01. The van der Waals surface area contributed by atoms with Gasteiger partial charge in [-0.1, -0.05) is 54.6 Å². The van der Waals surface area contributed by atoms with Gasteiger partial charge >= 0.3 is 0 Å². The van der Waals surface area contributed by atoms with Crippen molar-refractivity contribution >= 4 is 15.9 Å². The molecule has 0 radical (unpaired) electrons. The Bertz CT molecular complexity index is 1190. The van der Waals surface area contributed by atoms with Crippen molar-refractivity contribution in [3.05, 3.63) is 95.6 Å². The summed E-state index contributed by atoms with van der Waals surface area (Å²) in [4.78, 5) is 13.0. The van der Waals surface area contributed by atoms with Gasteiger partial charge in [0.15, 0.2) is 0 Å². The topological polar surface area (TPSA) is 84.9 Å². The summed E-state index contributed by atoms with van der Waals surface area (Å²) in [7, 11) is -3.66. The fourth-order valence-corrected chi connectivity index (χ4v) is 5.20. The number of hydrogen-bond donors (Lipinski definition) is 1. The van der Waals surface area contributed by atoms with Gasteiger partial charge in [-0.25, -0.2) is 8.42 Å². The molecule has 1 fully saturated rings. The summed E-state index contributed by atoms with van der Waals surface area (Å²) in [5.74, 6) is 0.278. The summed E-state index contributed by atoms with van der Waals surface area (Å²) in [6.07, 6.45) is 0. The van der Waals surface area contributed by atoms with Gasteiger partial charge < -0.3 is 14.8 Å². The Hall–Kier alpha value is -3.20. The van der Waals surface area contributed by atoms with E-state index in [-0.39, 0.29) is 17.3 Å². The molecular weight excluding hydrogens is 440 g/mol. The zero-order valence-electron chi connectivity index (χ0n) is 18.1. The highest BCUT2D eigenvalue weighted by molar-refractivity contribution is 7.89. The molecular formula is C25H26N2O5S. The Balaban J connectivity index is 1.42. The molecule has 8 heteroatoms. The van der Waals surface area contributed by atoms with Crippen LogP contribution in [0.4, 0.5) is 0 Å². The zero-order chi connectivity index (χ0) is 23.1. The number of amides is 1. The fraction of sp³-hybridized carbons (Fsp3) is 0.240. The van der Waals surface area contributed by atoms with E-state index in [2.05, 4.69) is 5.32 Å². The first kappa shape index (κ1) is 23.0. The Morgan fingerprint density at radius 1 is 0.939 bits per heavy atom. The van der Waals surface area contributed by atoms with Gasteiger partial charge in [0.2, 0.25) is 10.0 Å². The van der Waals surface area contributed by atoms with Crippen LogP contribution in [0.5, 0.6) is 5.75 Å². The monoisotopic (exact) mass is 466 g/mol. The molecule has 0 atom stereocenters. The third-order valence-electron chi connectivity index (χ3n) is 5.34. The molecule has 0 spiro atoms. The molecule has 0 saturated carbocycles. The van der Waals surface area contributed by atoms with Crippen LogP contribution in [0.15, 0.2) is 83.8 Å². The zero-order valence-corrected chi connectivity index (χ0v) is 19.0. The molecule has 1 N–H and O–H groups in total. The highest BCUT2D eigenvalue weighted by Crippen LogP contribution is 2.22. The normalized spacial score (nSPS) is 14.5. The van der Waals surface area contributed by atoms with Crippen LogP contribution in [-0.2, 0) is 27.9 Å². The van der Waals surface area contributed by atoms with Crippen LogP contribution in [0.25, 0.3) is 0 Å². The van der Waals surface area contributed by atoms with Crippen molar-refractivity contribution in [2.45, 2.75) is 18.0 Å². The third kappa shape index (κ3) is 5.78. The molecule has 0 unspecified atom stereocenters. The fourth-order valence-electron chi connectivity index (χ4n) is 3.57. The van der Waals surface area contributed by atoms with Crippen LogP contribution < -0.4 is 10.1 Å². The average molecular weight is 467 g/mol. The number of ether oxygens (including phenoxy) is 2. The molecule has 1 heterocycles. The van der Waals surface area contributed by atoms with Crippen molar-refractivity contribution in [2.24, 2.45) is 0 Å². The Labute approximate surface area is 194 Å². The highest BCUT2D eigenvalue weighted by Gasteiger charge is 2.28. The number of benzene rings is 3. The maximum atomic E-state index is 13.1. The lowest BCUT2D eigenvalue weighted by Crippen LogP contribution is -2.41. The minimum absolute atomic E-state index is 0.0909. The molecule has 1 saturated heterocycles. The van der Waals surface area contributed by atoms with E-state index in [4.69, 9.17) is 9.47 Å². The van der Waals surface area contributed by atoms with E-state index in [0.717, 1.165) is 5.56 Å². The van der Waals surface area contributed by atoms with Crippen molar-refractivity contribution in [1.82, 2.24) is 9.62 Å². The Morgan fingerprint density at radius 2 is 1.67 bits per heavy atom. The quantitative estimate of drug-likeness (QED) is 0.551. The lowest BCUT2D eigenvalue weighted by molar-refractivity contribution is 0.0730. The molecule has 1 aliphatic rings. The van der Waals surface area contributed by atoms with E-state index in [1.807, 2.05) is 30.3 Å². The van der Waals surface area contributed by atoms with Crippen LogP contribution in [0.3, 0.4) is 0 Å². The van der Waals surface area contributed by atoms with Crippen molar-refractivity contribution in [1.29, 1.82) is 0 Å². The Kier molecular flexibility index (Phi) is 7.39. The maximum Gasteiger partial charge on any atom is 0.251 e. The number of nitrogens with one attached hydrogen (secondary N) is 1. The highest BCUT2D eigenvalue weighted by atomic mass is 32.2. The summed E-state index contributed by atoms with van der Waals surface area (Å²) in [6, 6.07) is 23.4. The molecule has 172 valence electrons. The number of rotatable bonds is 8. The molecule has 0 bridgehead atoms. The van der Waals surface area contributed by atoms with Crippen LogP contribution in [-0.4, -0.2) is 44.9 Å². The largest absolute Gasteiger partial charge is 0.489 e. The van der Waals surface area contributed by atoms with Crippen molar-refractivity contribution in [2.75, 3.05) is 26.3 Å². The number of carbonyl (C=O) groups excluding carboxylic acids is 1. The maximum absolute atomic E-state index is 13.1. The number of carbonyl (C=O) groups is 1. The Morgan fingerprint density at radius 3 is 2.45 bits per heavy atom. The number of nitrogens with zero attached hydrogens (tertiary/aromatic N) is 1. The minimum atomic E-state index is -3.66. The second-order valence-corrected chi connectivity index (χ2v) is 9.52. The standard InChI is InChI=1S/C25H26N2O5S/c28-25(21-10-6-11-23(17-21)32-19-20-7-2-1-3-8-20)26-18-22-9-4-5-12-24(22)33(29,30)27-13-15-31-16-14-27/h1-12,17H,13-16,18-19H2,(H,26,28). The first-order valence-electron chi connectivity index (χ1n) is 10.7. The van der Waals surface area contributed by atoms with Crippen molar-refractivity contribution in [3.8, 4) is 5.75 Å². The smallest absolute Gasteiger partial charge is 0.251 e. The first-order chi connectivity index (χ1) is 16.0. The van der Waals surface area contributed by atoms with E-state index in [1.54, 1.807) is 48.5 Å². The third-order valence-corrected chi connectivity index (χ3v) is 7.34. The van der Waals surface area contributed by atoms with E-state index >= 15 is 0 Å². The number of hydrogen-bond acceptors (Lipinski definition) is 5. The van der Waals surface area contributed by atoms with Crippen molar-refractivity contribution in [3.63, 3.8) is 0 Å². The summed E-state index contributed by atoms with van der Waals surface area (Å²) in [5, 5.41) is 2.83. The molecule has 0 aromatic heterocycles. The molecule has 0 aliphatic carbocycles. The van der Waals surface area contributed by atoms with Crippen molar-refractivity contribution < 1.29 is 22.7 Å². The van der Waals surface area contributed by atoms with E-state index in [9.17, 15) is 13.2 Å². The van der Waals surface area contributed by atoms with Crippen LogP contribution in [0.1, 0.15) is 21.5 Å². The summed E-state index contributed by atoms with van der Waals surface area (Å²) < 4.78 is 38.7. The first-order valence-corrected chi connectivity index (χ1v) is 12.2. The summed E-state index contributed by atoms with van der Waals surface area (Å²) >= 11 is 0. The van der Waals surface area contributed by atoms with Gasteiger partial charge in [0, 0.05) is 25.2 Å². The van der Waals surface area contributed by atoms with Gasteiger partial charge in [-0.2, -0.15) is 4.31 Å². The molecule has 1 amide bonds.